The van der Waals surface area contributed by atoms with Crippen molar-refractivity contribution in [3.05, 3.63) is 0 Å². The van der Waals surface area contributed by atoms with Crippen LogP contribution in [0, 0.1) is 17.8 Å². The van der Waals surface area contributed by atoms with Gasteiger partial charge in [0.05, 0.1) is 0 Å². The monoisotopic (exact) mass is 167 g/mol. The smallest absolute Gasteiger partial charge is 0.00699 e. The summed E-state index contributed by atoms with van der Waals surface area (Å²) in [4.78, 5) is 0. The van der Waals surface area contributed by atoms with E-state index in [-0.39, 0.29) is 0 Å². The van der Waals surface area contributed by atoms with Crippen LogP contribution in [0.15, 0.2) is 0 Å². The summed E-state index contributed by atoms with van der Waals surface area (Å²) >= 11 is 0. The van der Waals surface area contributed by atoms with Crippen LogP contribution in [0.3, 0.4) is 0 Å². The molecule has 70 valence electrons. The number of fused-ring (bicyclic) bond motifs is 5. The second-order valence-electron chi connectivity index (χ2n) is 4.91. The molecule has 3 aliphatic rings. The predicted molar refractivity (Wildman–Crippen MR) is 51.8 cm³/mol. The zero-order valence-corrected chi connectivity index (χ0v) is 8.13. The summed E-state index contributed by atoms with van der Waals surface area (Å²) in [5.74, 6) is 2.77. The Kier molecular flexibility index (Phi) is 2.40. The minimum Gasteiger partial charge on any atom is -0.327 e. The van der Waals surface area contributed by atoms with Gasteiger partial charge >= 0.3 is 0 Å². The van der Waals surface area contributed by atoms with E-state index in [1.54, 1.807) is 0 Å². The van der Waals surface area contributed by atoms with Crippen LogP contribution in [0.5, 0.6) is 0 Å². The highest BCUT2D eigenvalue weighted by atomic mass is 14.7. The second kappa shape index (κ2) is 3.37. The van der Waals surface area contributed by atoms with Gasteiger partial charge < -0.3 is 5.73 Å². The lowest BCUT2D eigenvalue weighted by atomic mass is 9.68. The molecule has 0 aromatic heterocycles. The zero-order valence-electron chi connectivity index (χ0n) is 8.13. The molecule has 3 saturated carbocycles. The van der Waals surface area contributed by atoms with Crippen molar-refractivity contribution in [3.63, 3.8) is 0 Å². The number of hydrogen-bond acceptors (Lipinski definition) is 1. The Hall–Kier alpha value is -0.0400. The third kappa shape index (κ3) is 1.52. The van der Waals surface area contributed by atoms with Gasteiger partial charge in [-0.25, -0.2) is 0 Å². The summed E-state index contributed by atoms with van der Waals surface area (Å²) in [5.41, 5.74) is 6.15. The Morgan fingerprint density at radius 2 is 1.75 bits per heavy atom. The van der Waals surface area contributed by atoms with Gasteiger partial charge in [-0.1, -0.05) is 19.8 Å². The van der Waals surface area contributed by atoms with Crippen LogP contribution in [0.4, 0.5) is 0 Å². The van der Waals surface area contributed by atoms with E-state index in [2.05, 4.69) is 6.92 Å². The highest BCUT2D eigenvalue weighted by molar-refractivity contribution is 4.87. The van der Waals surface area contributed by atoms with Crippen LogP contribution in [0.25, 0.3) is 0 Å². The molecule has 3 rings (SSSR count). The largest absolute Gasteiger partial charge is 0.327 e. The van der Waals surface area contributed by atoms with E-state index in [1.165, 1.54) is 38.5 Å². The topological polar surface area (TPSA) is 26.0 Å². The molecule has 4 atom stereocenters. The Bertz CT molecular complexity index is 153. The minimum absolute atomic E-state index is 0.534. The van der Waals surface area contributed by atoms with Gasteiger partial charge in [0.25, 0.3) is 0 Å². The molecule has 0 spiro atoms. The molecule has 0 heterocycles. The molecule has 1 nitrogen and oxygen atoms in total. The Morgan fingerprint density at radius 1 is 1.00 bits per heavy atom. The summed E-state index contributed by atoms with van der Waals surface area (Å²) in [6.07, 6.45) is 8.46. The molecule has 0 aromatic rings. The minimum atomic E-state index is 0.534. The number of hydrogen-bond donors (Lipinski definition) is 1. The first-order chi connectivity index (χ1) is 5.77. The first-order valence-electron chi connectivity index (χ1n) is 5.53. The Morgan fingerprint density at radius 3 is 2.50 bits per heavy atom. The summed E-state index contributed by atoms with van der Waals surface area (Å²) in [7, 11) is 0. The quantitative estimate of drug-likeness (QED) is 0.589. The third-order valence-corrected chi connectivity index (χ3v) is 4.13. The van der Waals surface area contributed by atoms with Gasteiger partial charge in [0.15, 0.2) is 0 Å². The molecule has 1 heteroatoms. The van der Waals surface area contributed by atoms with E-state index in [0.29, 0.717) is 6.04 Å². The van der Waals surface area contributed by atoms with E-state index < -0.39 is 0 Å². The first kappa shape index (κ1) is 8.55. The van der Waals surface area contributed by atoms with Crippen LogP contribution in [0.2, 0.25) is 0 Å². The number of rotatable bonds is 0. The molecule has 0 aliphatic heterocycles. The van der Waals surface area contributed by atoms with Crippen LogP contribution in [-0.4, -0.2) is 6.04 Å². The molecule has 2 N–H and O–H groups in total. The molecule has 4 unspecified atom stereocenters. The fourth-order valence-corrected chi connectivity index (χ4v) is 3.12. The van der Waals surface area contributed by atoms with Crippen molar-refractivity contribution >= 4 is 0 Å². The fraction of sp³-hybridized carbons (Fsp3) is 1.00. The van der Waals surface area contributed by atoms with E-state index in [4.69, 9.17) is 5.73 Å². The van der Waals surface area contributed by atoms with Crippen molar-refractivity contribution in [1.29, 1.82) is 0 Å². The van der Waals surface area contributed by atoms with Crippen molar-refractivity contribution < 1.29 is 0 Å². The summed E-state index contributed by atoms with van der Waals surface area (Å²) in [6, 6.07) is 0.534. The lowest BCUT2D eigenvalue weighted by Gasteiger charge is -2.39. The van der Waals surface area contributed by atoms with Crippen molar-refractivity contribution in [2.24, 2.45) is 23.5 Å². The standard InChI is InChI=1S/C11H21N/c1-8-3-2-4-9-5-6-10(8)7-11(9)12/h8-11H,2-7,12H2,1H3. The average Bonchev–Trinajstić information content (AvgIpc) is 2.04. The van der Waals surface area contributed by atoms with Crippen LogP contribution in [0.1, 0.15) is 45.4 Å². The zero-order chi connectivity index (χ0) is 8.55. The van der Waals surface area contributed by atoms with Crippen molar-refractivity contribution in [2.75, 3.05) is 0 Å². The Balaban J connectivity index is 2.06. The maximum absolute atomic E-state index is 6.15. The summed E-state index contributed by atoms with van der Waals surface area (Å²) in [6.45, 7) is 2.42. The molecular formula is C11H21N. The van der Waals surface area contributed by atoms with Gasteiger partial charge in [-0.3, -0.25) is 0 Å². The predicted octanol–water partition coefficient (Wildman–Crippen LogP) is 2.55. The molecule has 3 fully saturated rings. The van der Waals surface area contributed by atoms with E-state index in [9.17, 15) is 0 Å². The first-order valence-corrected chi connectivity index (χ1v) is 5.53. The van der Waals surface area contributed by atoms with Gasteiger partial charge in [0.1, 0.15) is 0 Å². The average molecular weight is 167 g/mol. The summed E-state index contributed by atoms with van der Waals surface area (Å²) < 4.78 is 0. The molecule has 2 bridgehead atoms. The van der Waals surface area contributed by atoms with E-state index in [0.717, 1.165) is 17.8 Å². The maximum Gasteiger partial charge on any atom is 0.00699 e. The molecular weight excluding hydrogens is 146 g/mol. The van der Waals surface area contributed by atoms with Gasteiger partial charge in [0.2, 0.25) is 0 Å². The molecule has 0 saturated heterocycles. The maximum atomic E-state index is 6.15. The lowest BCUT2D eigenvalue weighted by Crippen LogP contribution is -2.39. The normalized spacial score (nSPS) is 48.5. The van der Waals surface area contributed by atoms with Crippen LogP contribution in [-0.2, 0) is 0 Å². The van der Waals surface area contributed by atoms with Gasteiger partial charge in [-0.15, -0.1) is 0 Å². The van der Waals surface area contributed by atoms with Crippen molar-refractivity contribution in [2.45, 2.75) is 51.5 Å². The Labute approximate surface area is 75.7 Å². The molecule has 3 aliphatic carbocycles. The molecule has 0 radical (unpaired) electrons. The SMILES string of the molecule is CC1CCCC2CCC1CC2N. The van der Waals surface area contributed by atoms with Gasteiger partial charge in [-0.05, 0) is 43.4 Å². The van der Waals surface area contributed by atoms with Gasteiger partial charge in [0, 0.05) is 6.04 Å². The third-order valence-electron chi connectivity index (χ3n) is 4.13. The van der Waals surface area contributed by atoms with Crippen LogP contribution < -0.4 is 5.73 Å². The van der Waals surface area contributed by atoms with Crippen LogP contribution >= 0.6 is 0 Å². The lowest BCUT2D eigenvalue weighted by molar-refractivity contribution is 0.143. The number of nitrogens with two attached hydrogens (primary N) is 1. The van der Waals surface area contributed by atoms with Crippen molar-refractivity contribution in [3.8, 4) is 0 Å². The summed E-state index contributed by atoms with van der Waals surface area (Å²) in [5, 5.41) is 0. The molecule has 12 heavy (non-hydrogen) atoms. The van der Waals surface area contributed by atoms with E-state index in [1.807, 2.05) is 0 Å². The highest BCUT2D eigenvalue weighted by Crippen LogP contribution is 2.39. The van der Waals surface area contributed by atoms with Crippen molar-refractivity contribution in [1.82, 2.24) is 0 Å². The molecule has 0 amide bonds. The molecule has 0 aromatic carbocycles. The van der Waals surface area contributed by atoms with E-state index >= 15 is 0 Å². The fourth-order valence-electron chi connectivity index (χ4n) is 3.12. The van der Waals surface area contributed by atoms with Gasteiger partial charge in [-0.2, -0.15) is 0 Å². The second-order valence-corrected chi connectivity index (χ2v) is 4.91. The highest BCUT2D eigenvalue weighted by Gasteiger charge is 2.32.